The van der Waals surface area contributed by atoms with Crippen LogP contribution in [0.5, 0.6) is 0 Å². The van der Waals surface area contributed by atoms with Crippen molar-refractivity contribution in [3.63, 3.8) is 0 Å². The predicted octanol–water partition coefficient (Wildman–Crippen LogP) is 3.62. The molecule has 0 spiro atoms. The first-order valence-electron chi connectivity index (χ1n) is 9.47. The molecule has 5 nitrogen and oxygen atoms in total. The zero-order chi connectivity index (χ0) is 17.9. The molecule has 0 bridgehead atoms. The Hall–Kier alpha value is -2.11. The van der Waals surface area contributed by atoms with Crippen molar-refractivity contribution in [2.24, 2.45) is 5.92 Å². The summed E-state index contributed by atoms with van der Waals surface area (Å²) in [6.07, 6.45) is 6.17. The molecule has 0 N–H and O–H groups in total. The third-order valence-electron chi connectivity index (χ3n) is 5.31. The van der Waals surface area contributed by atoms with Gasteiger partial charge < -0.3 is 18.8 Å². The van der Waals surface area contributed by atoms with Gasteiger partial charge in [0.1, 0.15) is 11.3 Å². The number of hydrogen-bond acceptors (Lipinski definition) is 4. The van der Waals surface area contributed by atoms with E-state index < -0.39 is 0 Å². The van der Waals surface area contributed by atoms with E-state index in [9.17, 15) is 4.79 Å². The zero-order valence-electron chi connectivity index (χ0n) is 15.1. The van der Waals surface area contributed by atoms with Crippen LogP contribution < -0.4 is 0 Å². The number of nitrogens with zero attached hydrogens (tertiary/aromatic N) is 1. The van der Waals surface area contributed by atoms with Crippen molar-refractivity contribution < 1.29 is 18.7 Å². The molecule has 0 saturated carbocycles. The van der Waals surface area contributed by atoms with Gasteiger partial charge in [-0.2, -0.15) is 0 Å². The topological polar surface area (TPSA) is 51.9 Å². The molecule has 138 valence electrons. The van der Waals surface area contributed by atoms with E-state index in [1.165, 1.54) is 0 Å². The van der Waals surface area contributed by atoms with Crippen LogP contribution in [0, 0.1) is 5.92 Å². The number of fused-ring (bicyclic) bond motifs is 1. The average molecular weight is 355 g/mol. The number of piperidine rings is 1. The quantitative estimate of drug-likeness (QED) is 0.786. The van der Waals surface area contributed by atoms with E-state index in [0.29, 0.717) is 19.1 Å². The van der Waals surface area contributed by atoms with Gasteiger partial charge >= 0.3 is 0 Å². The first-order chi connectivity index (χ1) is 12.8. The summed E-state index contributed by atoms with van der Waals surface area (Å²) < 4.78 is 17.1. The Bertz CT molecular complexity index is 795. The summed E-state index contributed by atoms with van der Waals surface area (Å²) in [5.74, 6) is 1.38. The molecule has 2 fully saturated rings. The number of carbonyl (C=O) groups excluding carboxylic acids is 1. The highest BCUT2D eigenvalue weighted by Gasteiger charge is 2.31. The molecule has 1 amide bonds. The number of para-hydroxylation sites is 1. The van der Waals surface area contributed by atoms with Crippen molar-refractivity contribution in [1.29, 1.82) is 0 Å². The van der Waals surface area contributed by atoms with E-state index in [1.54, 1.807) is 6.08 Å². The van der Waals surface area contributed by atoms with Crippen molar-refractivity contribution in [1.82, 2.24) is 4.90 Å². The summed E-state index contributed by atoms with van der Waals surface area (Å²) in [4.78, 5) is 14.5. The molecule has 3 heterocycles. The molecule has 4 rings (SSSR count). The number of aryl methyl sites for hydroxylation is 1. The van der Waals surface area contributed by atoms with Gasteiger partial charge in [0.25, 0.3) is 0 Å². The van der Waals surface area contributed by atoms with Crippen LogP contribution in [0.1, 0.15) is 31.1 Å². The van der Waals surface area contributed by atoms with Crippen LogP contribution in [-0.4, -0.2) is 43.4 Å². The van der Waals surface area contributed by atoms with Gasteiger partial charge in [0.2, 0.25) is 5.91 Å². The molecule has 2 aromatic rings. The van der Waals surface area contributed by atoms with Gasteiger partial charge in [-0.25, -0.2) is 0 Å². The van der Waals surface area contributed by atoms with E-state index >= 15 is 0 Å². The van der Waals surface area contributed by atoms with Crippen molar-refractivity contribution in [2.75, 3.05) is 26.3 Å². The number of likely N-dealkylation sites (tertiary alicyclic amines) is 1. The molecule has 1 aromatic carbocycles. The fourth-order valence-corrected chi connectivity index (χ4v) is 3.86. The van der Waals surface area contributed by atoms with Crippen LogP contribution in [0.3, 0.4) is 0 Å². The number of carbonyl (C=O) groups is 1. The van der Waals surface area contributed by atoms with Crippen molar-refractivity contribution in [3.05, 3.63) is 41.7 Å². The first-order valence-corrected chi connectivity index (χ1v) is 9.47. The molecule has 0 radical (unpaired) electrons. The van der Waals surface area contributed by atoms with Crippen LogP contribution in [-0.2, 0) is 20.7 Å². The Morgan fingerprint density at radius 2 is 1.92 bits per heavy atom. The fraction of sp³-hybridized carbons (Fsp3) is 0.476. The number of ether oxygens (including phenoxy) is 2. The van der Waals surface area contributed by atoms with E-state index in [0.717, 1.165) is 54.6 Å². The standard InChI is InChI=1S/C21H25NO4/c1-2-18-17(16-5-3-4-6-19(16)26-18)7-8-20(23)22-11-9-15(10-12-22)21-24-13-14-25-21/h3-8,15,21H,2,9-14H2,1H3/b8-7+. The van der Waals surface area contributed by atoms with Crippen molar-refractivity contribution in [3.8, 4) is 0 Å². The largest absolute Gasteiger partial charge is 0.460 e. The number of rotatable bonds is 4. The summed E-state index contributed by atoms with van der Waals surface area (Å²) in [7, 11) is 0. The molecule has 2 aliphatic heterocycles. The van der Waals surface area contributed by atoms with Crippen LogP contribution in [0.15, 0.2) is 34.8 Å². The highest BCUT2D eigenvalue weighted by atomic mass is 16.7. The van der Waals surface area contributed by atoms with Gasteiger partial charge in [0, 0.05) is 42.5 Å². The molecule has 2 saturated heterocycles. The van der Waals surface area contributed by atoms with E-state index in [-0.39, 0.29) is 12.2 Å². The highest BCUT2D eigenvalue weighted by molar-refractivity contribution is 5.96. The molecule has 0 aliphatic carbocycles. The minimum absolute atomic E-state index is 0.0593. The second kappa shape index (κ2) is 7.64. The Labute approximate surface area is 153 Å². The summed E-state index contributed by atoms with van der Waals surface area (Å²) in [5.41, 5.74) is 1.88. The van der Waals surface area contributed by atoms with Crippen molar-refractivity contribution in [2.45, 2.75) is 32.5 Å². The minimum atomic E-state index is -0.0767. The Kier molecular flexibility index (Phi) is 5.09. The molecular formula is C21H25NO4. The molecule has 26 heavy (non-hydrogen) atoms. The number of hydrogen-bond donors (Lipinski definition) is 0. The van der Waals surface area contributed by atoms with Crippen molar-refractivity contribution >= 4 is 23.0 Å². The average Bonchev–Trinajstić information content (AvgIpc) is 3.34. The molecule has 2 aliphatic rings. The van der Waals surface area contributed by atoms with E-state index in [1.807, 2.05) is 35.2 Å². The SMILES string of the molecule is CCc1oc2ccccc2c1/C=C/C(=O)N1CCC(C2OCCO2)CC1. The molecular weight excluding hydrogens is 330 g/mol. The monoisotopic (exact) mass is 355 g/mol. The van der Waals surface area contributed by atoms with Gasteiger partial charge in [0.15, 0.2) is 6.29 Å². The predicted molar refractivity (Wildman–Crippen MR) is 99.6 cm³/mol. The number of benzene rings is 1. The van der Waals surface area contributed by atoms with E-state index in [2.05, 4.69) is 6.92 Å². The zero-order valence-corrected chi connectivity index (χ0v) is 15.1. The lowest BCUT2D eigenvalue weighted by atomic mass is 9.96. The number of amides is 1. The lowest BCUT2D eigenvalue weighted by molar-refractivity contribution is -0.131. The summed E-state index contributed by atoms with van der Waals surface area (Å²) in [6, 6.07) is 7.96. The Morgan fingerprint density at radius 3 is 2.65 bits per heavy atom. The maximum absolute atomic E-state index is 12.6. The van der Waals surface area contributed by atoms with Gasteiger partial charge in [-0.1, -0.05) is 25.1 Å². The lowest BCUT2D eigenvalue weighted by Gasteiger charge is -2.33. The van der Waals surface area contributed by atoms with Gasteiger partial charge in [-0.3, -0.25) is 4.79 Å². The van der Waals surface area contributed by atoms with Gasteiger partial charge in [-0.15, -0.1) is 0 Å². The summed E-state index contributed by atoms with van der Waals surface area (Å²) in [6.45, 7) is 4.94. The summed E-state index contributed by atoms with van der Waals surface area (Å²) >= 11 is 0. The second-order valence-corrected chi connectivity index (χ2v) is 6.89. The molecule has 0 atom stereocenters. The maximum Gasteiger partial charge on any atom is 0.246 e. The molecule has 1 aromatic heterocycles. The van der Waals surface area contributed by atoms with Crippen LogP contribution in [0.4, 0.5) is 0 Å². The van der Waals surface area contributed by atoms with Crippen LogP contribution in [0.25, 0.3) is 17.0 Å². The Balaban J connectivity index is 1.42. The fourth-order valence-electron chi connectivity index (χ4n) is 3.86. The van der Waals surface area contributed by atoms with Gasteiger partial charge in [0.05, 0.1) is 13.2 Å². The maximum atomic E-state index is 12.6. The summed E-state index contributed by atoms with van der Waals surface area (Å²) in [5, 5.41) is 1.06. The Morgan fingerprint density at radius 1 is 1.19 bits per heavy atom. The molecule has 0 unspecified atom stereocenters. The molecule has 5 heteroatoms. The van der Waals surface area contributed by atoms with Crippen LogP contribution in [0.2, 0.25) is 0 Å². The van der Waals surface area contributed by atoms with Gasteiger partial charge in [-0.05, 0) is 25.0 Å². The normalized spacial score (nSPS) is 19.8. The number of furan rings is 1. The lowest BCUT2D eigenvalue weighted by Crippen LogP contribution is -2.40. The smallest absolute Gasteiger partial charge is 0.246 e. The van der Waals surface area contributed by atoms with Crippen LogP contribution >= 0.6 is 0 Å². The highest BCUT2D eigenvalue weighted by Crippen LogP contribution is 2.28. The second-order valence-electron chi connectivity index (χ2n) is 6.89. The first kappa shape index (κ1) is 17.3. The minimum Gasteiger partial charge on any atom is -0.460 e. The third-order valence-corrected chi connectivity index (χ3v) is 5.31. The third kappa shape index (κ3) is 3.41. The van der Waals surface area contributed by atoms with E-state index in [4.69, 9.17) is 13.9 Å².